The molecular formula is C13H14N2O. The lowest BCUT2D eigenvalue weighted by molar-refractivity contribution is 0.921. The fraction of sp³-hybridized carbons (Fsp3) is 0.231. The van der Waals surface area contributed by atoms with Gasteiger partial charge in [-0.25, -0.2) is 4.98 Å². The molecule has 3 nitrogen and oxygen atoms in total. The van der Waals surface area contributed by atoms with Crippen LogP contribution < -0.4 is 5.56 Å². The van der Waals surface area contributed by atoms with Crippen molar-refractivity contribution in [3.05, 3.63) is 63.3 Å². The highest BCUT2D eigenvalue weighted by Crippen LogP contribution is 2.06. The first-order valence-corrected chi connectivity index (χ1v) is 5.26. The molecule has 16 heavy (non-hydrogen) atoms. The molecule has 1 aromatic heterocycles. The highest BCUT2D eigenvalue weighted by atomic mass is 16.1. The number of nitrogens with zero attached hydrogens (tertiary/aromatic N) is 1. The first-order chi connectivity index (χ1) is 7.63. The first kappa shape index (κ1) is 10.6. The minimum Gasteiger partial charge on any atom is -0.310 e. The highest BCUT2D eigenvalue weighted by molar-refractivity contribution is 5.24. The van der Waals surface area contributed by atoms with Crippen LogP contribution in [0.15, 0.2) is 35.1 Å². The largest absolute Gasteiger partial charge is 0.310 e. The lowest BCUT2D eigenvalue weighted by atomic mass is 10.1. The maximum atomic E-state index is 11.3. The molecular weight excluding hydrogens is 200 g/mol. The fourth-order valence-electron chi connectivity index (χ4n) is 1.62. The van der Waals surface area contributed by atoms with E-state index in [9.17, 15) is 4.79 Å². The molecule has 0 saturated heterocycles. The van der Waals surface area contributed by atoms with Gasteiger partial charge < -0.3 is 4.98 Å². The van der Waals surface area contributed by atoms with Crippen LogP contribution in [0.2, 0.25) is 0 Å². The van der Waals surface area contributed by atoms with Gasteiger partial charge in [-0.1, -0.05) is 29.8 Å². The molecule has 1 aromatic carbocycles. The van der Waals surface area contributed by atoms with E-state index in [1.165, 1.54) is 11.6 Å². The standard InChI is InChI=1S/C13H14N2O/c1-9-3-5-11(6-4-9)8-12-14-10(2)7-13(16)15-12/h3-7H,8H2,1-2H3,(H,14,15,16). The first-order valence-electron chi connectivity index (χ1n) is 5.26. The van der Waals surface area contributed by atoms with E-state index in [1.54, 1.807) is 0 Å². The van der Waals surface area contributed by atoms with Gasteiger partial charge in [0, 0.05) is 18.2 Å². The highest BCUT2D eigenvalue weighted by Gasteiger charge is 2.00. The predicted octanol–water partition coefficient (Wildman–Crippen LogP) is 1.98. The molecule has 1 heterocycles. The number of H-pyrrole nitrogens is 1. The second-order valence-corrected chi connectivity index (χ2v) is 4.00. The van der Waals surface area contributed by atoms with E-state index < -0.39 is 0 Å². The van der Waals surface area contributed by atoms with Gasteiger partial charge in [0.2, 0.25) is 0 Å². The molecule has 0 bridgehead atoms. The summed E-state index contributed by atoms with van der Waals surface area (Å²) < 4.78 is 0. The van der Waals surface area contributed by atoms with E-state index in [4.69, 9.17) is 0 Å². The van der Waals surface area contributed by atoms with Gasteiger partial charge in [0.1, 0.15) is 5.82 Å². The third-order valence-corrected chi connectivity index (χ3v) is 2.41. The van der Waals surface area contributed by atoms with E-state index in [0.29, 0.717) is 12.2 Å². The Bertz CT molecular complexity index is 541. The van der Waals surface area contributed by atoms with Crippen LogP contribution >= 0.6 is 0 Å². The average molecular weight is 214 g/mol. The summed E-state index contributed by atoms with van der Waals surface area (Å²) in [6.07, 6.45) is 0.664. The predicted molar refractivity (Wildman–Crippen MR) is 63.6 cm³/mol. The van der Waals surface area contributed by atoms with Gasteiger partial charge in [0.15, 0.2) is 0 Å². The van der Waals surface area contributed by atoms with Crippen LogP contribution in [-0.4, -0.2) is 9.97 Å². The van der Waals surface area contributed by atoms with E-state index >= 15 is 0 Å². The maximum absolute atomic E-state index is 11.3. The van der Waals surface area contributed by atoms with Crippen molar-refractivity contribution in [1.29, 1.82) is 0 Å². The third-order valence-electron chi connectivity index (χ3n) is 2.41. The van der Waals surface area contributed by atoms with Crippen molar-refractivity contribution in [3.63, 3.8) is 0 Å². The third kappa shape index (κ3) is 2.57. The Morgan fingerprint density at radius 3 is 2.50 bits per heavy atom. The molecule has 0 fully saturated rings. The molecule has 0 radical (unpaired) electrons. The van der Waals surface area contributed by atoms with E-state index in [0.717, 1.165) is 11.3 Å². The number of rotatable bonds is 2. The molecule has 2 aromatic rings. The number of aromatic nitrogens is 2. The molecule has 0 amide bonds. The molecule has 0 aliphatic heterocycles. The normalized spacial score (nSPS) is 10.4. The topological polar surface area (TPSA) is 45.8 Å². The monoisotopic (exact) mass is 214 g/mol. The summed E-state index contributed by atoms with van der Waals surface area (Å²) in [5, 5.41) is 0. The Balaban J connectivity index is 2.26. The lowest BCUT2D eigenvalue weighted by Crippen LogP contribution is -2.11. The summed E-state index contributed by atoms with van der Waals surface area (Å²) in [4.78, 5) is 18.3. The molecule has 0 atom stereocenters. The number of aromatic amines is 1. The number of aryl methyl sites for hydroxylation is 2. The minimum atomic E-state index is -0.0883. The number of hydrogen-bond acceptors (Lipinski definition) is 2. The minimum absolute atomic E-state index is 0.0883. The van der Waals surface area contributed by atoms with E-state index in [-0.39, 0.29) is 5.56 Å². The van der Waals surface area contributed by atoms with Crippen LogP contribution in [0.4, 0.5) is 0 Å². The molecule has 0 aliphatic rings. The van der Waals surface area contributed by atoms with Crippen LogP contribution in [-0.2, 0) is 6.42 Å². The van der Waals surface area contributed by atoms with E-state index in [1.807, 2.05) is 6.92 Å². The Hall–Kier alpha value is -1.90. The van der Waals surface area contributed by atoms with Crippen molar-refractivity contribution in [2.45, 2.75) is 20.3 Å². The zero-order chi connectivity index (χ0) is 11.5. The Kier molecular flexibility index (Phi) is 2.86. The van der Waals surface area contributed by atoms with E-state index in [2.05, 4.69) is 41.2 Å². The van der Waals surface area contributed by atoms with Gasteiger partial charge in [-0.15, -0.1) is 0 Å². The zero-order valence-corrected chi connectivity index (χ0v) is 9.45. The molecule has 0 unspecified atom stereocenters. The lowest BCUT2D eigenvalue weighted by Gasteiger charge is -2.02. The summed E-state index contributed by atoms with van der Waals surface area (Å²) in [6.45, 7) is 3.88. The maximum Gasteiger partial charge on any atom is 0.251 e. The zero-order valence-electron chi connectivity index (χ0n) is 9.45. The summed E-state index contributed by atoms with van der Waals surface area (Å²) >= 11 is 0. The van der Waals surface area contributed by atoms with Crippen LogP contribution in [0.25, 0.3) is 0 Å². The van der Waals surface area contributed by atoms with Gasteiger partial charge in [-0.3, -0.25) is 4.79 Å². The SMILES string of the molecule is Cc1ccc(Cc2nc(C)cc(=O)[nH]2)cc1. The molecule has 82 valence electrons. The van der Waals surface area contributed by atoms with Crippen molar-refractivity contribution in [1.82, 2.24) is 9.97 Å². The molecule has 2 rings (SSSR count). The molecule has 0 aliphatic carbocycles. The molecule has 3 heteroatoms. The summed E-state index contributed by atoms with van der Waals surface area (Å²) in [7, 11) is 0. The second-order valence-electron chi connectivity index (χ2n) is 4.00. The van der Waals surface area contributed by atoms with Gasteiger partial charge in [0.05, 0.1) is 0 Å². The molecule has 0 spiro atoms. The fourth-order valence-corrected chi connectivity index (χ4v) is 1.62. The van der Waals surface area contributed by atoms with Gasteiger partial charge >= 0.3 is 0 Å². The summed E-state index contributed by atoms with van der Waals surface area (Å²) in [5.41, 5.74) is 3.05. The van der Waals surface area contributed by atoms with Crippen molar-refractivity contribution in [2.75, 3.05) is 0 Å². The van der Waals surface area contributed by atoms with Gasteiger partial charge in [-0.05, 0) is 19.4 Å². The quantitative estimate of drug-likeness (QED) is 0.830. The number of hydrogen-bond donors (Lipinski definition) is 1. The smallest absolute Gasteiger partial charge is 0.251 e. The number of benzene rings is 1. The van der Waals surface area contributed by atoms with Crippen LogP contribution in [0.3, 0.4) is 0 Å². The Morgan fingerprint density at radius 2 is 1.88 bits per heavy atom. The Morgan fingerprint density at radius 1 is 1.19 bits per heavy atom. The van der Waals surface area contributed by atoms with Crippen LogP contribution in [0, 0.1) is 13.8 Å². The van der Waals surface area contributed by atoms with Crippen molar-refractivity contribution in [3.8, 4) is 0 Å². The van der Waals surface area contributed by atoms with Gasteiger partial charge in [-0.2, -0.15) is 0 Å². The van der Waals surface area contributed by atoms with Crippen molar-refractivity contribution in [2.24, 2.45) is 0 Å². The van der Waals surface area contributed by atoms with Crippen molar-refractivity contribution >= 4 is 0 Å². The molecule has 1 N–H and O–H groups in total. The second kappa shape index (κ2) is 4.31. The van der Waals surface area contributed by atoms with Crippen LogP contribution in [0.1, 0.15) is 22.6 Å². The van der Waals surface area contributed by atoms with Gasteiger partial charge in [0.25, 0.3) is 5.56 Å². The average Bonchev–Trinajstić information content (AvgIpc) is 2.20. The van der Waals surface area contributed by atoms with Crippen LogP contribution in [0.5, 0.6) is 0 Å². The summed E-state index contributed by atoms with van der Waals surface area (Å²) in [5.74, 6) is 0.717. The number of nitrogens with one attached hydrogen (secondary N) is 1. The summed E-state index contributed by atoms with van der Waals surface area (Å²) in [6, 6.07) is 9.72. The molecule has 0 saturated carbocycles. The Labute approximate surface area is 94.2 Å². The van der Waals surface area contributed by atoms with Crippen molar-refractivity contribution < 1.29 is 0 Å².